The standard InChI is InChI=1S/C14H16O2/c1-4-16-14(15)10-9-12-7-5-6-8-13(12)11(2)3/h5-10H,2,4H2,1,3H3/b10-9+. The Balaban J connectivity index is 2.88. The molecule has 0 aliphatic heterocycles. The Hall–Kier alpha value is -1.83. The number of carbonyl (C=O) groups is 1. The third-order valence-corrected chi connectivity index (χ3v) is 2.11. The van der Waals surface area contributed by atoms with E-state index < -0.39 is 0 Å². The molecule has 0 saturated carbocycles. The van der Waals surface area contributed by atoms with Gasteiger partial charge in [-0.1, -0.05) is 36.4 Å². The molecule has 0 amide bonds. The first-order valence-electron chi connectivity index (χ1n) is 5.25. The lowest BCUT2D eigenvalue weighted by atomic mass is 10.0. The molecule has 0 unspecified atom stereocenters. The van der Waals surface area contributed by atoms with Crippen LogP contribution in [0.4, 0.5) is 0 Å². The molecule has 0 radical (unpaired) electrons. The number of rotatable bonds is 4. The van der Waals surface area contributed by atoms with Crippen LogP contribution in [-0.2, 0) is 9.53 Å². The van der Waals surface area contributed by atoms with Crippen molar-refractivity contribution in [2.24, 2.45) is 0 Å². The van der Waals surface area contributed by atoms with E-state index in [1.54, 1.807) is 13.0 Å². The van der Waals surface area contributed by atoms with Crippen molar-refractivity contribution in [2.45, 2.75) is 13.8 Å². The average molecular weight is 216 g/mol. The largest absolute Gasteiger partial charge is 0.463 e. The molecule has 0 bridgehead atoms. The van der Waals surface area contributed by atoms with Gasteiger partial charge in [-0.3, -0.25) is 0 Å². The van der Waals surface area contributed by atoms with E-state index in [-0.39, 0.29) is 5.97 Å². The summed E-state index contributed by atoms with van der Waals surface area (Å²) in [5, 5.41) is 0. The van der Waals surface area contributed by atoms with Crippen LogP contribution in [0.1, 0.15) is 25.0 Å². The van der Waals surface area contributed by atoms with Gasteiger partial charge >= 0.3 is 5.97 Å². The molecule has 16 heavy (non-hydrogen) atoms. The van der Waals surface area contributed by atoms with Gasteiger partial charge in [0.05, 0.1) is 6.61 Å². The Morgan fingerprint density at radius 2 is 2.12 bits per heavy atom. The van der Waals surface area contributed by atoms with Crippen molar-refractivity contribution in [2.75, 3.05) is 6.61 Å². The number of benzene rings is 1. The molecule has 2 heteroatoms. The first kappa shape index (κ1) is 12.2. The van der Waals surface area contributed by atoms with E-state index in [0.29, 0.717) is 6.61 Å². The summed E-state index contributed by atoms with van der Waals surface area (Å²) in [5.74, 6) is -0.320. The predicted octanol–water partition coefficient (Wildman–Crippen LogP) is 3.30. The molecule has 1 aromatic carbocycles. The molecule has 2 nitrogen and oxygen atoms in total. The highest BCUT2D eigenvalue weighted by Crippen LogP contribution is 2.18. The zero-order chi connectivity index (χ0) is 12.0. The summed E-state index contributed by atoms with van der Waals surface area (Å²) < 4.78 is 4.82. The number of hydrogen-bond donors (Lipinski definition) is 0. The molecule has 0 heterocycles. The van der Waals surface area contributed by atoms with Crippen LogP contribution >= 0.6 is 0 Å². The molecule has 0 spiro atoms. The van der Waals surface area contributed by atoms with E-state index in [1.807, 2.05) is 31.2 Å². The van der Waals surface area contributed by atoms with Gasteiger partial charge in [0.1, 0.15) is 0 Å². The Morgan fingerprint density at radius 3 is 2.75 bits per heavy atom. The summed E-state index contributed by atoms with van der Waals surface area (Å²) in [6.45, 7) is 8.02. The highest BCUT2D eigenvalue weighted by atomic mass is 16.5. The summed E-state index contributed by atoms with van der Waals surface area (Å²) in [5.41, 5.74) is 3.00. The number of carbonyl (C=O) groups excluding carboxylic acids is 1. The molecular weight excluding hydrogens is 200 g/mol. The van der Waals surface area contributed by atoms with Crippen molar-refractivity contribution in [1.29, 1.82) is 0 Å². The molecule has 0 aromatic heterocycles. The first-order valence-corrected chi connectivity index (χ1v) is 5.25. The molecule has 0 atom stereocenters. The average Bonchev–Trinajstić information content (AvgIpc) is 2.27. The summed E-state index contributed by atoms with van der Waals surface area (Å²) >= 11 is 0. The zero-order valence-corrected chi connectivity index (χ0v) is 9.69. The second kappa shape index (κ2) is 5.91. The Kier molecular flexibility index (Phi) is 4.52. The predicted molar refractivity (Wildman–Crippen MR) is 66.8 cm³/mol. The second-order valence-electron chi connectivity index (χ2n) is 3.45. The van der Waals surface area contributed by atoms with Gasteiger partial charge in [-0.2, -0.15) is 0 Å². The molecule has 84 valence electrons. The van der Waals surface area contributed by atoms with Gasteiger partial charge in [0.2, 0.25) is 0 Å². The third-order valence-electron chi connectivity index (χ3n) is 2.11. The highest BCUT2D eigenvalue weighted by Gasteiger charge is 2.00. The van der Waals surface area contributed by atoms with E-state index in [4.69, 9.17) is 4.74 Å². The molecule has 0 fully saturated rings. The topological polar surface area (TPSA) is 26.3 Å². The van der Waals surface area contributed by atoms with Crippen LogP contribution in [0.15, 0.2) is 36.9 Å². The van der Waals surface area contributed by atoms with Gasteiger partial charge in [0.25, 0.3) is 0 Å². The summed E-state index contributed by atoms with van der Waals surface area (Å²) in [7, 11) is 0. The normalized spacial score (nSPS) is 10.4. The van der Waals surface area contributed by atoms with Crippen LogP contribution in [0, 0.1) is 0 Å². The lowest BCUT2D eigenvalue weighted by Crippen LogP contribution is -1.98. The highest BCUT2D eigenvalue weighted by molar-refractivity contribution is 5.88. The smallest absolute Gasteiger partial charge is 0.330 e. The Bertz CT molecular complexity index is 416. The lowest BCUT2D eigenvalue weighted by Gasteiger charge is -2.04. The van der Waals surface area contributed by atoms with Crippen molar-refractivity contribution >= 4 is 17.6 Å². The van der Waals surface area contributed by atoms with E-state index in [2.05, 4.69) is 6.58 Å². The van der Waals surface area contributed by atoms with Crippen molar-refractivity contribution in [3.05, 3.63) is 48.0 Å². The zero-order valence-electron chi connectivity index (χ0n) is 9.69. The number of ether oxygens (including phenoxy) is 1. The minimum absolute atomic E-state index is 0.320. The van der Waals surface area contributed by atoms with Gasteiger partial charge in [-0.25, -0.2) is 4.79 Å². The molecule has 1 rings (SSSR count). The minimum Gasteiger partial charge on any atom is -0.463 e. The number of hydrogen-bond acceptors (Lipinski definition) is 2. The minimum atomic E-state index is -0.320. The maximum Gasteiger partial charge on any atom is 0.330 e. The first-order chi connectivity index (χ1) is 7.65. The van der Waals surface area contributed by atoms with E-state index in [1.165, 1.54) is 6.08 Å². The van der Waals surface area contributed by atoms with Gasteiger partial charge in [0.15, 0.2) is 0 Å². The van der Waals surface area contributed by atoms with E-state index in [9.17, 15) is 4.79 Å². The van der Waals surface area contributed by atoms with Gasteiger partial charge in [-0.15, -0.1) is 0 Å². The fourth-order valence-corrected chi connectivity index (χ4v) is 1.38. The van der Waals surface area contributed by atoms with E-state index >= 15 is 0 Å². The Morgan fingerprint density at radius 1 is 1.44 bits per heavy atom. The number of allylic oxidation sites excluding steroid dienone is 1. The number of esters is 1. The molecule has 0 aliphatic carbocycles. The fraction of sp³-hybridized carbons (Fsp3) is 0.214. The maximum atomic E-state index is 11.2. The van der Waals surface area contributed by atoms with Crippen molar-refractivity contribution in [3.63, 3.8) is 0 Å². The SMILES string of the molecule is C=C(C)c1ccccc1/C=C/C(=O)OCC. The van der Waals surface area contributed by atoms with Crippen molar-refractivity contribution in [3.8, 4) is 0 Å². The Labute approximate surface area is 96.2 Å². The fourth-order valence-electron chi connectivity index (χ4n) is 1.38. The van der Waals surface area contributed by atoms with Crippen LogP contribution in [-0.4, -0.2) is 12.6 Å². The van der Waals surface area contributed by atoms with Crippen LogP contribution < -0.4 is 0 Å². The molecular formula is C14H16O2. The molecule has 0 aliphatic rings. The third kappa shape index (κ3) is 3.39. The lowest BCUT2D eigenvalue weighted by molar-refractivity contribution is -0.137. The monoisotopic (exact) mass is 216 g/mol. The van der Waals surface area contributed by atoms with Crippen molar-refractivity contribution in [1.82, 2.24) is 0 Å². The molecule has 1 aromatic rings. The van der Waals surface area contributed by atoms with Crippen molar-refractivity contribution < 1.29 is 9.53 Å². The van der Waals surface area contributed by atoms with Crippen LogP contribution in [0.25, 0.3) is 11.6 Å². The molecule has 0 saturated heterocycles. The van der Waals surface area contributed by atoms with Crippen LogP contribution in [0.5, 0.6) is 0 Å². The maximum absolute atomic E-state index is 11.2. The summed E-state index contributed by atoms with van der Waals surface area (Å²) in [4.78, 5) is 11.2. The summed E-state index contributed by atoms with van der Waals surface area (Å²) in [6, 6.07) is 7.80. The van der Waals surface area contributed by atoms with Crippen LogP contribution in [0.2, 0.25) is 0 Å². The van der Waals surface area contributed by atoms with Crippen LogP contribution in [0.3, 0.4) is 0 Å². The summed E-state index contributed by atoms with van der Waals surface area (Å²) in [6.07, 6.45) is 3.19. The van der Waals surface area contributed by atoms with Gasteiger partial charge in [-0.05, 0) is 31.1 Å². The second-order valence-corrected chi connectivity index (χ2v) is 3.45. The van der Waals surface area contributed by atoms with E-state index in [0.717, 1.165) is 16.7 Å². The van der Waals surface area contributed by atoms with Gasteiger partial charge in [0, 0.05) is 6.08 Å². The quantitative estimate of drug-likeness (QED) is 0.570. The van der Waals surface area contributed by atoms with Gasteiger partial charge < -0.3 is 4.74 Å². The molecule has 0 N–H and O–H groups in total.